The summed E-state index contributed by atoms with van der Waals surface area (Å²) < 4.78 is 28.1. The molecule has 0 unspecified atom stereocenters. The van der Waals surface area contributed by atoms with Gasteiger partial charge in [0.2, 0.25) is 0 Å². The van der Waals surface area contributed by atoms with Crippen LogP contribution in [0.15, 0.2) is 48.5 Å². The molecule has 0 aliphatic rings. The third-order valence-electron chi connectivity index (χ3n) is 3.26. The van der Waals surface area contributed by atoms with Gasteiger partial charge < -0.3 is 14.2 Å². The average Bonchev–Trinajstić information content (AvgIpc) is 2.60. The van der Waals surface area contributed by atoms with E-state index >= 15 is 0 Å². The zero-order valence-corrected chi connectivity index (χ0v) is 13.8. The standard InChI is InChI=1S/C19H17FO5/c1-23-17-11-13(7-9-18(21)24-2)6-8-16(17)25-19(22)12-14-4-3-5-15(20)10-14/h3-11H,12H2,1-2H3/b9-7+. The van der Waals surface area contributed by atoms with E-state index in [1.54, 1.807) is 30.3 Å². The number of methoxy groups -OCH3 is 2. The van der Waals surface area contributed by atoms with Gasteiger partial charge >= 0.3 is 11.9 Å². The summed E-state index contributed by atoms with van der Waals surface area (Å²) in [7, 11) is 2.72. The molecule has 0 saturated heterocycles. The van der Waals surface area contributed by atoms with Gasteiger partial charge in [0.05, 0.1) is 20.6 Å². The van der Waals surface area contributed by atoms with Crippen LogP contribution in [0.5, 0.6) is 11.5 Å². The van der Waals surface area contributed by atoms with Crippen LogP contribution in [0, 0.1) is 5.82 Å². The summed E-state index contributed by atoms with van der Waals surface area (Å²) in [6.07, 6.45) is 2.75. The number of halogens is 1. The van der Waals surface area contributed by atoms with Crippen molar-refractivity contribution in [2.75, 3.05) is 14.2 Å². The molecule has 0 aromatic heterocycles. The maximum atomic E-state index is 13.2. The molecule has 0 amide bonds. The number of carbonyl (C=O) groups is 2. The van der Waals surface area contributed by atoms with Crippen molar-refractivity contribution in [3.63, 3.8) is 0 Å². The highest BCUT2D eigenvalue weighted by atomic mass is 19.1. The minimum absolute atomic E-state index is 0.0646. The number of hydrogen-bond donors (Lipinski definition) is 0. The monoisotopic (exact) mass is 344 g/mol. The van der Waals surface area contributed by atoms with Gasteiger partial charge in [0.15, 0.2) is 11.5 Å². The maximum Gasteiger partial charge on any atom is 0.330 e. The molecule has 130 valence electrons. The Labute approximate surface area is 144 Å². The molecule has 0 fully saturated rings. The Balaban J connectivity index is 2.09. The van der Waals surface area contributed by atoms with Gasteiger partial charge in [0.25, 0.3) is 0 Å². The number of benzene rings is 2. The lowest BCUT2D eigenvalue weighted by atomic mass is 10.1. The predicted molar refractivity (Wildman–Crippen MR) is 89.8 cm³/mol. The Kier molecular flexibility index (Phi) is 6.28. The van der Waals surface area contributed by atoms with Gasteiger partial charge in [0, 0.05) is 6.08 Å². The minimum Gasteiger partial charge on any atom is -0.493 e. The SMILES string of the molecule is COC(=O)/C=C/c1ccc(OC(=O)Cc2cccc(F)c2)c(OC)c1. The predicted octanol–water partition coefficient (Wildman–Crippen LogP) is 3.17. The van der Waals surface area contributed by atoms with E-state index in [9.17, 15) is 14.0 Å². The van der Waals surface area contributed by atoms with Crippen LogP contribution in [0.25, 0.3) is 6.08 Å². The fourth-order valence-electron chi connectivity index (χ4n) is 2.08. The van der Waals surface area contributed by atoms with E-state index < -0.39 is 17.8 Å². The third kappa shape index (κ3) is 5.46. The quantitative estimate of drug-likeness (QED) is 0.458. The van der Waals surface area contributed by atoms with Gasteiger partial charge in [-0.05, 0) is 41.5 Å². The van der Waals surface area contributed by atoms with Crippen molar-refractivity contribution < 1.29 is 28.2 Å². The van der Waals surface area contributed by atoms with Crippen LogP contribution < -0.4 is 9.47 Å². The molecule has 5 nitrogen and oxygen atoms in total. The first-order chi connectivity index (χ1) is 12.0. The summed E-state index contributed by atoms with van der Waals surface area (Å²) in [6, 6.07) is 10.6. The smallest absolute Gasteiger partial charge is 0.330 e. The minimum atomic E-state index is -0.540. The van der Waals surface area contributed by atoms with Gasteiger partial charge in [-0.15, -0.1) is 0 Å². The number of ether oxygens (including phenoxy) is 3. The molecule has 0 bridgehead atoms. The molecule has 0 atom stereocenters. The first-order valence-corrected chi connectivity index (χ1v) is 7.41. The van der Waals surface area contributed by atoms with Crippen LogP contribution >= 0.6 is 0 Å². The zero-order chi connectivity index (χ0) is 18.2. The second-order valence-corrected chi connectivity index (χ2v) is 5.05. The molecule has 0 saturated carbocycles. The Hall–Kier alpha value is -3.15. The third-order valence-corrected chi connectivity index (χ3v) is 3.26. The lowest BCUT2D eigenvalue weighted by Gasteiger charge is -2.10. The van der Waals surface area contributed by atoms with Crippen LogP contribution in [0.2, 0.25) is 0 Å². The highest BCUT2D eigenvalue weighted by Crippen LogP contribution is 2.29. The molecule has 0 radical (unpaired) electrons. The van der Waals surface area contributed by atoms with Crippen molar-refractivity contribution in [3.05, 3.63) is 65.5 Å². The molecule has 25 heavy (non-hydrogen) atoms. The van der Waals surface area contributed by atoms with Crippen LogP contribution in [-0.4, -0.2) is 26.2 Å². The van der Waals surface area contributed by atoms with E-state index in [1.807, 2.05) is 0 Å². The maximum absolute atomic E-state index is 13.2. The van der Waals surface area contributed by atoms with Crippen molar-refractivity contribution >= 4 is 18.0 Å². The zero-order valence-electron chi connectivity index (χ0n) is 13.8. The van der Waals surface area contributed by atoms with Crippen molar-refractivity contribution in [1.29, 1.82) is 0 Å². The Morgan fingerprint density at radius 1 is 1.08 bits per heavy atom. The number of hydrogen-bond acceptors (Lipinski definition) is 5. The first-order valence-electron chi connectivity index (χ1n) is 7.41. The van der Waals surface area contributed by atoms with Gasteiger partial charge in [-0.1, -0.05) is 18.2 Å². The summed E-state index contributed by atoms with van der Waals surface area (Å²) in [4.78, 5) is 23.1. The molecule has 0 heterocycles. The number of rotatable bonds is 6. The molecule has 2 aromatic carbocycles. The topological polar surface area (TPSA) is 61.8 Å². The lowest BCUT2D eigenvalue weighted by Crippen LogP contribution is -2.12. The molecular weight excluding hydrogens is 327 g/mol. The highest BCUT2D eigenvalue weighted by molar-refractivity contribution is 5.87. The van der Waals surface area contributed by atoms with Crippen molar-refractivity contribution in [2.24, 2.45) is 0 Å². The molecule has 0 N–H and O–H groups in total. The normalized spacial score (nSPS) is 10.5. The van der Waals surface area contributed by atoms with Crippen LogP contribution in [0.1, 0.15) is 11.1 Å². The van der Waals surface area contributed by atoms with E-state index in [2.05, 4.69) is 4.74 Å². The highest BCUT2D eigenvalue weighted by Gasteiger charge is 2.12. The molecule has 2 aromatic rings. The van der Waals surface area contributed by atoms with Gasteiger partial charge in [-0.2, -0.15) is 0 Å². The second-order valence-electron chi connectivity index (χ2n) is 5.05. The van der Waals surface area contributed by atoms with E-state index in [0.29, 0.717) is 16.9 Å². The first kappa shape index (κ1) is 18.2. The van der Waals surface area contributed by atoms with Crippen molar-refractivity contribution in [2.45, 2.75) is 6.42 Å². The average molecular weight is 344 g/mol. The summed E-state index contributed by atoms with van der Waals surface area (Å²) in [5.74, 6) is -0.866. The fraction of sp³-hybridized carbons (Fsp3) is 0.158. The summed E-state index contributed by atoms with van der Waals surface area (Å²) in [5, 5.41) is 0. The molecule has 0 spiro atoms. The van der Waals surface area contributed by atoms with Crippen molar-refractivity contribution in [3.8, 4) is 11.5 Å². The lowest BCUT2D eigenvalue weighted by molar-refractivity contribution is -0.135. The molecule has 2 rings (SSSR count). The van der Waals surface area contributed by atoms with Gasteiger partial charge in [-0.3, -0.25) is 4.79 Å². The largest absolute Gasteiger partial charge is 0.493 e. The van der Waals surface area contributed by atoms with Crippen LogP contribution in [-0.2, 0) is 20.7 Å². The fourth-order valence-corrected chi connectivity index (χ4v) is 2.08. The van der Waals surface area contributed by atoms with E-state index in [1.165, 1.54) is 38.5 Å². The van der Waals surface area contributed by atoms with E-state index in [-0.39, 0.29) is 12.2 Å². The number of esters is 2. The second kappa shape index (κ2) is 8.63. The summed E-state index contributed by atoms with van der Waals surface area (Å²) in [6.45, 7) is 0. The van der Waals surface area contributed by atoms with Crippen LogP contribution in [0.4, 0.5) is 4.39 Å². The van der Waals surface area contributed by atoms with E-state index in [4.69, 9.17) is 9.47 Å². The van der Waals surface area contributed by atoms with Crippen molar-refractivity contribution in [1.82, 2.24) is 0 Å². The number of carbonyl (C=O) groups excluding carboxylic acids is 2. The Bertz CT molecular complexity index is 798. The molecule has 0 aliphatic heterocycles. The Morgan fingerprint density at radius 3 is 2.56 bits per heavy atom. The molecule has 6 heteroatoms. The van der Waals surface area contributed by atoms with Crippen LogP contribution in [0.3, 0.4) is 0 Å². The van der Waals surface area contributed by atoms with Gasteiger partial charge in [-0.25, -0.2) is 9.18 Å². The molecular formula is C19H17FO5. The summed E-state index contributed by atoms with van der Waals surface area (Å²) >= 11 is 0. The Morgan fingerprint density at radius 2 is 1.88 bits per heavy atom. The molecule has 0 aliphatic carbocycles. The summed E-state index contributed by atoms with van der Waals surface area (Å²) in [5.41, 5.74) is 1.19. The van der Waals surface area contributed by atoms with E-state index in [0.717, 1.165) is 0 Å². The van der Waals surface area contributed by atoms with Gasteiger partial charge in [0.1, 0.15) is 5.82 Å².